The monoisotopic (exact) mass is 371 g/mol. The lowest BCUT2D eigenvalue weighted by atomic mass is 10.1. The Labute approximate surface area is 154 Å². The van der Waals surface area contributed by atoms with Gasteiger partial charge in [0, 0.05) is 11.6 Å². The number of nitro benzene ring substituents is 1. The summed E-state index contributed by atoms with van der Waals surface area (Å²) in [5, 5.41) is 10.9. The van der Waals surface area contributed by atoms with E-state index in [4.69, 9.17) is 15.2 Å². The van der Waals surface area contributed by atoms with E-state index in [0.717, 1.165) is 0 Å². The predicted molar refractivity (Wildman–Crippen MR) is 95.7 cm³/mol. The smallest absolute Gasteiger partial charge is 0.272 e. The number of benzene rings is 2. The third kappa shape index (κ3) is 3.81. The minimum absolute atomic E-state index is 0.0200. The second-order valence-electron chi connectivity index (χ2n) is 5.98. The molecule has 0 unspecified atom stereocenters. The van der Waals surface area contributed by atoms with Crippen molar-refractivity contribution in [2.24, 2.45) is 5.73 Å². The van der Waals surface area contributed by atoms with Crippen molar-refractivity contribution in [2.75, 3.05) is 18.1 Å². The maximum Gasteiger partial charge on any atom is 0.272 e. The largest absolute Gasteiger partial charge is 0.484 e. The number of nitrogens with zero attached hydrogens (tertiary/aromatic N) is 2. The molecule has 3 rings (SSSR count). The SMILES string of the molecule is Cc1cc(OCC(=O)N2C[C@@H](C(N)=O)Oc3ccccc32)ccc1[N+](=O)[O-]. The average Bonchev–Trinajstić information content (AvgIpc) is 2.64. The Balaban J connectivity index is 1.75. The van der Waals surface area contributed by atoms with Crippen LogP contribution in [0.3, 0.4) is 0 Å². The molecule has 2 aromatic rings. The van der Waals surface area contributed by atoms with Gasteiger partial charge in [0.15, 0.2) is 12.7 Å². The van der Waals surface area contributed by atoms with Crippen LogP contribution in [0.25, 0.3) is 0 Å². The molecule has 140 valence electrons. The standard InChI is InChI=1S/C18H17N3O6/c1-11-8-12(6-7-13(11)21(24)25)26-10-17(22)20-9-16(18(19)23)27-15-5-3-2-4-14(15)20/h2-8,16H,9-10H2,1H3,(H2,19,23)/t16-/m0/s1. The Morgan fingerprint density at radius 1 is 1.33 bits per heavy atom. The summed E-state index contributed by atoms with van der Waals surface area (Å²) in [6.45, 7) is 1.26. The summed E-state index contributed by atoms with van der Waals surface area (Å²) >= 11 is 0. The minimum Gasteiger partial charge on any atom is -0.484 e. The van der Waals surface area contributed by atoms with Crippen LogP contribution in [0.4, 0.5) is 11.4 Å². The van der Waals surface area contributed by atoms with E-state index in [-0.39, 0.29) is 18.8 Å². The molecular weight excluding hydrogens is 354 g/mol. The van der Waals surface area contributed by atoms with Crippen LogP contribution in [0.15, 0.2) is 42.5 Å². The number of anilines is 1. The normalized spacial score (nSPS) is 15.4. The number of carbonyl (C=O) groups excluding carboxylic acids is 2. The van der Waals surface area contributed by atoms with E-state index in [2.05, 4.69) is 0 Å². The van der Waals surface area contributed by atoms with Crippen LogP contribution in [-0.4, -0.2) is 36.0 Å². The van der Waals surface area contributed by atoms with E-state index in [0.29, 0.717) is 22.7 Å². The molecule has 9 heteroatoms. The summed E-state index contributed by atoms with van der Waals surface area (Å²) < 4.78 is 11.0. The molecule has 9 nitrogen and oxygen atoms in total. The van der Waals surface area contributed by atoms with E-state index >= 15 is 0 Å². The lowest BCUT2D eigenvalue weighted by Crippen LogP contribution is -2.50. The van der Waals surface area contributed by atoms with Gasteiger partial charge in [-0.3, -0.25) is 19.7 Å². The van der Waals surface area contributed by atoms with Gasteiger partial charge >= 0.3 is 0 Å². The van der Waals surface area contributed by atoms with Gasteiger partial charge in [-0.05, 0) is 31.2 Å². The molecule has 0 bridgehead atoms. The summed E-state index contributed by atoms with van der Waals surface area (Å²) in [4.78, 5) is 35.9. The number of carbonyl (C=O) groups is 2. The first-order chi connectivity index (χ1) is 12.9. The molecule has 0 fully saturated rings. The highest BCUT2D eigenvalue weighted by Crippen LogP contribution is 2.33. The quantitative estimate of drug-likeness (QED) is 0.628. The zero-order valence-electron chi connectivity index (χ0n) is 14.5. The number of ether oxygens (including phenoxy) is 2. The maximum absolute atomic E-state index is 12.6. The van der Waals surface area contributed by atoms with Crippen molar-refractivity contribution in [1.29, 1.82) is 0 Å². The molecule has 1 atom stereocenters. The van der Waals surface area contributed by atoms with Crippen LogP contribution in [0.1, 0.15) is 5.56 Å². The highest BCUT2D eigenvalue weighted by atomic mass is 16.6. The second-order valence-corrected chi connectivity index (χ2v) is 5.98. The van der Waals surface area contributed by atoms with E-state index in [9.17, 15) is 19.7 Å². The molecule has 0 saturated heterocycles. The fraction of sp³-hybridized carbons (Fsp3) is 0.222. The number of nitrogens with two attached hydrogens (primary N) is 1. The third-order valence-electron chi connectivity index (χ3n) is 4.12. The van der Waals surface area contributed by atoms with Gasteiger partial charge in [-0.1, -0.05) is 12.1 Å². The number of fused-ring (bicyclic) bond motifs is 1. The van der Waals surface area contributed by atoms with Crippen LogP contribution in [0, 0.1) is 17.0 Å². The number of para-hydroxylation sites is 2. The first-order valence-corrected chi connectivity index (χ1v) is 8.10. The molecule has 1 aliphatic heterocycles. The van der Waals surface area contributed by atoms with Gasteiger partial charge in [0.2, 0.25) is 0 Å². The van der Waals surface area contributed by atoms with Gasteiger partial charge in [-0.2, -0.15) is 0 Å². The number of primary amides is 1. The van der Waals surface area contributed by atoms with Crippen LogP contribution in [-0.2, 0) is 9.59 Å². The van der Waals surface area contributed by atoms with Gasteiger partial charge in [0.05, 0.1) is 17.2 Å². The number of hydrogen-bond donors (Lipinski definition) is 1. The van der Waals surface area contributed by atoms with Crippen molar-refractivity contribution >= 4 is 23.2 Å². The van der Waals surface area contributed by atoms with E-state index < -0.39 is 22.8 Å². The summed E-state index contributed by atoms with van der Waals surface area (Å²) in [6.07, 6.45) is -0.953. The fourth-order valence-electron chi connectivity index (χ4n) is 2.76. The minimum atomic E-state index is -0.953. The summed E-state index contributed by atoms with van der Waals surface area (Å²) in [6, 6.07) is 11.0. The van der Waals surface area contributed by atoms with Crippen molar-refractivity contribution < 1.29 is 24.0 Å². The molecule has 2 N–H and O–H groups in total. The number of amides is 2. The Hall–Kier alpha value is -3.62. The Kier molecular flexibility index (Phi) is 4.93. The van der Waals surface area contributed by atoms with Crippen LogP contribution < -0.4 is 20.1 Å². The number of nitro groups is 1. The molecule has 0 saturated carbocycles. The highest BCUT2D eigenvalue weighted by molar-refractivity contribution is 5.98. The van der Waals surface area contributed by atoms with Crippen molar-refractivity contribution in [2.45, 2.75) is 13.0 Å². The topological polar surface area (TPSA) is 125 Å². The molecule has 0 radical (unpaired) electrons. The van der Waals surface area contributed by atoms with E-state index in [1.165, 1.54) is 23.1 Å². The molecule has 1 heterocycles. The number of hydrogen-bond acceptors (Lipinski definition) is 6. The third-order valence-corrected chi connectivity index (χ3v) is 4.12. The average molecular weight is 371 g/mol. The van der Waals surface area contributed by atoms with Gasteiger partial charge in [-0.15, -0.1) is 0 Å². The Morgan fingerprint density at radius 2 is 2.07 bits per heavy atom. The van der Waals surface area contributed by atoms with Crippen LogP contribution in [0.2, 0.25) is 0 Å². The van der Waals surface area contributed by atoms with Crippen molar-refractivity contribution in [3.63, 3.8) is 0 Å². The summed E-state index contributed by atoms with van der Waals surface area (Å²) in [7, 11) is 0. The molecule has 0 aromatic heterocycles. The molecule has 1 aliphatic rings. The predicted octanol–water partition coefficient (Wildman–Crippen LogP) is 1.56. The number of aryl methyl sites for hydroxylation is 1. The van der Waals surface area contributed by atoms with Gasteiger partial charge in [0.1, 0.15) is 11.5 Å². The first kappa shape index (κ1) is 18.2. The van der Waals surface area contributed by atoms with Crippen LogP contribution >= 0.6 is 0 Å². The maximum atomic E-state index is 12.6. The number of rotatable bonds is 5. The lowest BCUT2D eigenvalue weighted by molar-refractivity contribution is -0.385. The highest BCUT2D eigenvalue weighted by Gasteiger charge is 2.32. The molecule has 27 heavy (non-hydrogen) atoms. The van der Waals surface area contributed by atoms with E-state index in [1.54, 1.807) is 31.2 Å². The molecule has 0 aliphatic carbocycles. The van der Waals surface area contributed by atoms with Gasteiger partial charge < -0.3 is 20.1 Å². The van der Waals surface area contributed by atoms with Crippen molar-refractivity contribution in [3.05, 3.63) is 58.1 Å². The van der Waals surface area contributed by atoms with E-state index in [1.807, 2.05) is 0 Å². The van der Waals surface area contributed by atoms with Gasteiger partial charge in [-0.25, -0.2) is 0 Å². The molecule has 0 spiro atoms. The second kappa shape index (κ2) is 7.32. The molecular formula is C18H17N3O6. The Bertz CT molecular complexity index is 914. The molecule has 2 amide bonds. The lowest BCUT2D eigenvalue weighted by Gasteiger charge is -2.33. The van der Waals surface area contributed by atoms with Crippen molar-refractivity contribution in [1.82, 2.24) is 0 Å². The zero-order valence-corrected chi connectivity index (χ0v) is 14.5. The molecule has 2 aromatic carbocycles. The Morgan fingerprint density at radius 3 is 2.74 bits per heavy atom. The zero-order chi connectivity index (χ0) is 19.6. The fourth-order valence-corrected chi connectivity index (χ4v) is 2.76. The van der Waals surface area contributed by atoms with Crippen molar-refractivity contribution in [3.8, 4) is 11.5 Å². The van der Waals surface area contributed by atoms with Crippen LogP contribution in [0.5, 0.6) is 11.5 Å². The summed E-state index contributed by atoms with van der Waals surface area (Å²) in [5.74, 6) is -0.353. The first-order valence-electron chi connectivity index (χ1n) is 8.10. The summed E-state index contributed by atoms with van der Waals surface area (Å²) in [5.41, 5.74) is 6.23. The van der Waals surface area contributed by atoms with Gasteiger partial charge in [0.25, 0.3) is 17.5 Å².